The summed E-state index contributed by atoms with van der Waals surface area (Å²) in [6, 6.07) is 23.7. The third-order valence-electron chi connectivity index (χ3n) is 4.12. The van der Waals surface area contributed by atoms with Gasteiger partial charge in [0.05, 0.1) is 23.5 Å². The van der Waals surface area contributed by atoms with Crippen LogP contribution in [0.25, 0.3) is 11.6 Å². The van der Waals surface area contributed by atoms with Gasteiger partial charge in [0.25, 0.3) is 5.91 Å². The van der Waals surface area contributed by atoms with Crippen molar-refractivity contribution in [3.63, 3.8) is 0 Å². The number of para-hydroxylation sites is 1. The average Bonchev–Trinajstić information content (AvgIpc) is 2.90. The molecular weight excluding hydrogens is 296 g/mol. The van der Waals surface area contributed by atoms with Gasteiger partial charge in [0.2, 0.25) is 0 Å². The third-order valence-corrected chi connectivity index (χ3v) is 4.12. The molecule has 0 atom stereocenters. The lowest BCUT2D eigenvalue weighted by atomic mass is 10.1. The molecule has 0 unspecified atom stereocenters. The number of rotatable bonds is 3. The van der Waals surface area contributed by atoms with Crippen LogP contribution in [0.2, 0.25) is 0 Å². The summed E-state index contributed by atoms with van der Waals surface area (Å²) in [6.07, 6.45) is 3.60. The van der Waals surface area contributed by atoms with Gasteiger partial charge in [-0.3, -0.25) is 9.78 Å². The van der Waals surface area contributed by atoms with E-state index in [9.17, 15) is 4.79 Å². The van der Waals surface area contributed by atoms with Gasteiger partial charge >= 0.3 is 0 Å². The number of carbonyl (C=O) groups is 1. The minimum absolute atomic E-state index is 0.0192. The third kappa shape index (κ3) is 2.61. The summed E-state index contributed by atoms with van der Waals surface area (Å²) in [4.78, 5) is 19.1. The Morgan fingerprint density at radius 3 is 2.42 bits per heavy atom. The molecule has 116 valence electrons. The molecule has 0 radical (unpaired) electrons. The number of carbonyl (C=O) groups excluding carboxylic acids is 1. The second-order valence-corrected chi connectivity index (χ2v) is 5.71. The molecule has 24 heavy (non-hydrogen) atoms. The smallest absolute Gasteiger partial charge is 0.259 e. The number of fused-ring (bicyclic) bond motifs is 1. The Bertz CT molecular complexity index is 901. The topological polar surface area (TPSA) is 33.2 Å². The Morgan fingerprint density at radius 2 is 1.62 bits per heavy atom. The van der Waals surface area contributed by atoms with Crippen LogP contribution in [0.4, 0.5) is 5.69 Å². The first-order valence-electron chi connectivity index (χ1n) is 7.91. The summed E-state index contributed by atoms with van der Waals surface area (Å²) in [7, 11) is 0. The quantitative estimate of drug-likeness (QED) is 0.680. The first-order valence-corrected chi connectivity index (χ1v) is 7.91. The highest BCUT2D eigenvalue weighted by Crippen LogP contribution is 2.38. The first kappa shape index (κ1) is 14.4. The Hall–Kier alpha value is -3.20. The molecule has 0 bridgehead atoms. The molecule has 0 spiro atoms. The van der Waals surface area contributed by atoms with Crippen LogP contribution < -0.4 is 4.90 Å². The van der Waals surface area contributed by atoms with E-state index in [1.54, 1.807) is 6.20 Å². The monoisotopic (exact) mass is 312 g/mol. The molecule has 2 heterocycles. The molecule has 3 aromatic rings. The van der Waals surface area contributed by atoms with E-state index >= 15 is 0 Å². The van der Waals surface area contributed by atoms with Crippen molar-refractivity contribution in [2.24, 2.45) is 0 Å². The molecule has 3 heteroatoms. The lowest BCUT2D eigenvalue weighted by Crippen LogP contribution is -2.25. The highest BCUT2D eigenvalue weighted by molar-refractivity contribution is 6.35. The van der Waals surface area contributed by atoms with Crippen molar-refractivity contribution in [2.75, 3.05) is 4.90 Å². The lowest BCUT2D eigenvalue weighted by Gasteiger charge is -2.17. The summed E-state index contributed by atoms with van der Waals surface area (Å²) >= 11 is 0. The molecule has 0 N–H and O–H groups in total. The van der Waals surface area contributed by atoms with Gasteiger partial charge in [-0.15, -0.1) is 0 Å². The van der Waals surface area contributed by atoms with Gasteiger partial charge in [0.1, 0.15) is 0 Å². The second kappa shape index (κ2) is 6.13. The minimum Gasteiger partial charge on any atom is -0.303 e. The number of nitrogens with zero attached hydrogens (tertiary/aromatic N) is 2. The predicted octanol–water partition coefficient (Wildman–Crippen LogP) is 4.17. The molecule has 1 amide bonds. The van der Waals surface area contributed by atoms with E-state index in [1.165, 1.54) is 0 Å². The highest BCUT2D eigenvalue weighted by atomic mass is 16.2. The molecule has 0 aliphatic carbocycles. The Kier molecular flexibility index (Phi) is 3.67. The van der Waals surface area contributed by atoms with Crippen LogP contribution >= 0.6 is 0 Å². The zero-order valence-corrected chi connectivity index (χ0v) is 13.1. The summed E-state index contributed by atoms with van der Waals surface area (Å²) in [6.45, 7) is 0.566. The van der Waals surface area contributed by atoms with Gasteiger partial charge in [-0.2, -0.15) is 0 Å². The number of hydrogen-bond donors (Lipinski definition) is 0. The van der Waals surface area contributed by atoms with Crippen molar-refractivity contribution in [3.8, 4) is 0 Å². The Balaban J connectivity index is 1.76. The SMILES string of the molecule is O=C1/C(=C/c2ccccn2)c2ccccc2N1Cc1ccccc1. The van der Waals surface area contributed by atoms with Crippen molar-refractivity contribution in [2.45, 2.75) is 6.54 Å². The van der Waals surface area contributed by atoms with Crippen LogP contribution in [-0.2, 0) is 11.3 Å². The van der Waals surface area contributed by atoms with Crippen molar-refractivity contribution in [3.05, 3.63) is 95.8 Å². The van der Waals surface area contributed by atoms with E-state index in [0.29, 0.717) is 12.1 Å². The largest absolute Gasteiger partial charge is 0.303 e. The van der Waals surface area contributed by atoms with Crippen LogP contribution in [0.3, 0.4) is 0 Å². The van der Waals surface area contributed by atoms with E-state index in [2.05, 4.69) is 4.98 Å². The normalized spacial score (nSPS) is 14.9. The van der Waals surface area contributed by atoms with Gasteiger partial charge in [0, 0.05) is 11.8 Å². The fourth-order valence-corrected chi connectivity index (χ4v) is 2.98. The van der Waals surface area contributed by atoms with Crippen molar-refractivity contribution >= 4 is 23.2 Å². The fourth-order valence-electron chi connectivity index (χ4n) is 2.98. The van der Waals surface area contributed by atoms with Crippen LogP contribution in [0.15, 0.2) is 79.0 Å². The predicted molar refractivity (Wildman–Crippen MR) is 96.2 cm³/mol. The van der Waals surface area contributed by atoms with E-state index in [1.807, 2.05) is 83.8 Å². The number of aromatic nitrogens is 1. The van der Waals surface area contributed by atoms with Gasteiger partial charge in [-0.05, 0) is 29.8 Å². The van der Waals surface area contributed by atoms with Gasteiger partial charge < -0.3 is 4.90 Å². The van der Waals surface area contributed by atoms with Crippen LogP contribution in [0, 0.1) is 0 Å². The highest BCUT2D eigenvalue weighted by Gasteiger charge is 2.31. The molecule has 1 aliphatic rings. The Morgan fingerprint density at radius 1 is 0.875 bits per heavy atom. The Labute approximate surface area is 140 Å². The number of anilines is 1. The summed E-state index contributed by atoms with van der Waals surface area (Å²) < 4.78 is 0. The lowest BCUT2D eigenvalue weighted by molar-refractivity contribution is -0.113. The van der Waals surface area contributed by atoms with E-state index in [0.717, 1.165) is 22.5 Å². The number of pyridine rings is 1. The maximum atomic E-state index is 13.0. The molecule has 0 saturated heterocycles. The summed E-state index contributed by atoms with van der Waals surface area (Å²) in [5.74, 6) is 0.0192. The van der Waals surface area contributed by atoms with Gasteiger partial charge in [0.15, 0.2) is 0 Å². The van der Waals surface area contributed by atoms with Gasteiger partial charge in [-0.25, -0.2) is 0 Å². The standard InChI is InChI=1S/C21H16N2O/c24-21-19(14-17-10-6-7-13-22-17)18-11-4-5-12-20(18)23(21)15-16-8-2-1-3-9-16/h1-14H,15H2/b19-14+. The second-order valence-electron chi connectivity index (χ2n) is 5.71. The number of amides is 1. The molecule has 0 fully saturated rings. The first-order chi connectivity index (χ1) is 11.8. The average molecular weight is 312 g/mol. The van der Waals surface area contributed by atoms with Crippen molar-refractivity contribution in [1.82, 2.24) is 4.98 Å². The van der Waals surface area contributed by atoms with E-state index in [-0.39, 0.29) is 5.91 Å². The maximum Gasteiger partial charge on any atom is 0.259 e. The summed E-state index contributed by atoms with van der Waals surface area (Å²) in [5.41, 5.74) is 4.51. The molecule has 0 saturated carbocycles. The minimum atomic E-state index is 0.0192. The van der Waals surface area contributed by atoms with Crippen molar-refractivity contribution in [1.29, 1.82) is 0 Å². The molecular formula is C21H16N2O. The molecule has 4 rings (SSSR count). The van der Waals surface area contributed by atoms with E-state index < -0.39 is 0 Å². The summed E-state index contributed by atoms with van der Waals surface area (Å²) in [5, 5.41) is 0. The van der Waals surface area contributed by atoms with Crippen LogP contribution in [0.5, 0.6) is 0 Å². The molecule has 1 aromatic heterocycles. The van der Waals surface area contributed by atoms with Gasteiger partial charge in [-0.1, -0.05) is 54.6 Å². The number of benzene rings is 2. The van der Waals surface area contributed by atoms with Crippen molar-refractivity contribution < 1.29 is 4.79 Å². The number of hydrogen-bond acceptors (Lipinski definition) is 2. The maximum absolute atomic E-state index is 13.0. The van der Waals surface area contributed by atoms with Crippen LogP contribution in [-0.4, -0.2) is 10.9 Å². The van der Waals surface area contributed by atoms with Crippen LogP contribution in [0.1, 0.15) is 16.8 Å². The molecule has 1 aliphatic heterocycles. The zero-order valence-electron chi connectivity index (χ0n) is 13.1. The fraction of sp³-hybridized carbons (Fsp3) is 0.0476. The molecule has 2 aromatic carbocycles. The molecule has 3 nitrogen and oxygen atoms in total. The van der Waals surface area contributed by atoms with E-state index in [4.69, 9.17) is 0 Å². The zero-order chi connectivity index (χ0) is 16.4.